The first-order chi connectivity index (χ1) is 13.2. The molecule has 1 N–H and O–H groups in total. The van der Waals surface area contributed by atoms with Crippen molar-refractivity contribution in [1.82, 2.24) is 5.32 Å². The maximum absolute atomic E-state index is 13.3. The quantitative estimate of drug-likeness (QED) is 0.725. The fourth-order valence-electron chi connectivity index (χ4n) is 5.00. The lowest BCUT2D eigenvalue weighted by molar-refractivity contribution is -0.124. The van der Waals surface area contributed by atoms with Crippen molar-refractivity contribution in [1.29, 1.82) is 0 Å². The highest BCUT2D eigenvalue weighted by Gasteiger charge is 2.32. The Morgan fingerprint density at radius 3 is 2.33 bits per heavy atom. The zero-order valence-electron chi connectivity index (χ0n) is 16.4. The number of rotatable bonds is 5. The van der Waals surface area contributed by atoms with Crippen molar-refractivity contribution < 1.29 is 4.79 Å². The van der Waals surface area contributed by atoms with Crippen molar-refractivity contribution in [3.8, 4) is 0 Å². The lowest BCUT2D eigenvalue weighted by atomic mass is 9.83. The van der Waals surface area contributed by atoms with E-state index in [0.29, 0.717) is 5.92 Å². The van der Waals surface area contributed by atoms with E-state index in [4.69, 9.17) is 0 Å². The van der Waals surface area contributed by atoms with Crippen LogP contribution in [0.15, 0.2) is 48.5 Å². The Kier molecular flexibility index (Phi) is 5.61. The molecule has 0 bridgehead atoms. The Bertz CT molecular complexity index is 776. The minimum absolute atomic E-state index is 0.0197. The van der Waals surface area contributed by atoms with Gasteiger partial charge in [-0.25, -0.2) is 0 Å². The van der Waals surface area contributed by atoms with Crippen LogP contribution in [0.25, 0.3) is 0 Å². The molecule has 2 aromatic rings. The first kappa shape index (κ1) is 18.3. The molecule has 0 aliphatic heterocycles. The number of carbonyl (C=O) groups excluding carboxylic acids is 1. The zero-order chi connectivity index (χ0) is 18.6. The van der Waals surface area contributed by atoms with Gasteiger partial charge in [0.05, 0.1) is 12.0 Å². The number of amides is 1. The molecule has 2 nitrogen and oxygen atoms in total. The third-order valence-corrected chi connectivity index (χ3v) is 6.54. The second-order valence-electron chi connectivity index (χ2n) is 8.40. The molecule has 2 unspecified atom stereocenters. The lowest BCUT2D eigenvalue weighted by Crippen LogP contribution is -2.34. The van der Waals surface area contributed by atoms with Crippen LogP contribution in [0, 0.1) is 5.92 Å². The molecule has 0 aromatic heterocycles. The van der Waals surface area contributed by atoms with Gasteiger partial charge in [-0.2, -0.15) is 0 Å². The van der Waals surface area contributed by atoms with Crippen LogP contribution < -0.4 is 5.32 Å². The largest absolute Gasteiger partial charge is 0.349 e. The topological polar surface area (TPSA) is 29.1 Å². The third kappa shape index (κ3) is 4.10. The van der Waals surface area contributed by atoms with Crippen LogP contribution in [0.4, 0.5) is 0 Å². The summed E-state index contributed by atoms with van der Waals surface area (Å²) in [6.45, 7) is 2.12. The summed E-state index contributed by atoms with van der Waals surface area (Å²) in [6, 6.07) is 17.2. The standard InChI is InChI=1S/C25H31NO/c1-18(22-16-15-19-9-5-8-14-23(19)17-22)26-25(27)24(21-12-6-7-13-21)20-10-3-2-4-11-20/h2-4,10-11,15-18,21,24H,5-9,12-14H2,1H3,(H,26,27). The molecule has 1 saturated carbocycles. The van der Waals surface area contributed by atoms with Crippen molar-refractivity contribution in [2.75, 3.05) is 0 Å². The number of nitrogens with one attached hydrogen (secondary N) is 1. The van der Waals surface area contributed by atoms with Crippen LogP contribution in [0.3, 0.4) is 0 Å². The molecule has 142 valence electrons. The second kappa shape index (κ2) is 8.29. The van der Waals surface area contributed by atoms with Gasteiger partial charge in [0.15, 0.2) is 0 Å². The van der Waals surface area contributed by atoms with E-state index in [2.05, 4.69) is 54.7 Å². The SMILES string of the molecule is CC(NC(=O)C(c1ccccc1)C1CCCC1)c1ccc2c(c1)CCCC2. The zero-order valence-corrected chi connectivity index (χ0v) is 16.4. The second-order valence-corrected chi connectivity index (χ2v) is 8.40. The van der Waals surface area contributed by atoms with E-state index < -0.39 is 0 Å². The van der Waals surface area contributed by atoms with E-state index in [1.165, 1.54) is 73.6 Å². The average molecular weight is 362 g/mol. The van der Waals surface area contributed by atoms with Gasteiger partial charge in [-0.1, -0.05) is 61.4 Å². The maximum atomic E-state index is 13.3. The first-order valence-electron chi connectivity index (χ1n) is 10.7. The summed E-state index contributed by atoms with van der Waals surface area (Å²) in [5, 5.41) is 3.34. The third-order valence-electron chi connectivity index (χ3n) is 6.54. The van der Waals surface area contributed by atoms with Crippen LogP contribution >= 0.6 is 0 Å². The Labute approximate surface area is 163 Å². The van der Waals surface area contributed by atoms with Crippen molar-refractivity contribution in [3.05, 3.63) is 70.8 Å². The molecule has 0 spiro atoms. The molecule has 2 atom stereocenters. The minimum Gasteiger partial charge on any atom is -0.349 e. The fourth-order valence-corrected chi connectivity index (χ4v) is 5.00. The Morgan fingerprint density at radius 2 is 1.59 bits per heavy atom. The number of hydrogen-bond donors (Lipinski definition) is 1. The number of fused-ring (bicyclic) bond motifs is 1. The minimum atomic E-state index is -0.0197. The molecule has 2 aromatic carbocycles. The molecule has 0 heterocycles. The Morgan fingerprint density at radius 1 is 0.889 bits per heavy atom. The van der Waals surface area contributed by atoms with Gasteiger partial charge in [-0.05, 0) is 73.6 Å². The molecule has 1 amide bonds. The van der Waals surface area contributed by atoms with Gasteiger partial charge in [0.25, 0.3) is 0 Å². The summed E-state index contributed by atoms with van der Waals surface area (Å²) in [6.07, 6.45) is 9.81. The molecule has 4 rings (SSSR count). The summed E-state index contributed by atoms with van der Waals surface area (Å²) in [4.78, 5) is 13.3. The summed E-state index contributed by atoms with van der Waals surface area (Å²) in [5.74, 6) is 0.648. The highest BCUT2D eigenvalue weighted by atomic mass is 16.2. The van der Waals surface area contributed by atoms with E-state index in [0.717, 1.165) is 0 Å². The fraction of sp³-hybridized carbons (Fsp3) is 0.480. The molecule has 27 heavy (non-hydrogen) atoms. The van der Waals surface area contributed by atoms with Gasteiger partial charge >= 0.3 is 0 Å². The van der Waals surface area contributed by atoms with Crippen LogP contribution in [-0.2, 0) is 17.6 Å². The van der Waals surface area contributed by atoms with E-state index in [9.17, 15) is 4.79 Å². The first-order valence-corrected chi connectivity index (χ1v) is 10.7. The summed E-state index contributed by atoms with van der Waals surface area (Å²) in [5.41, 5.74) is 5.38. The Hall–Kier alpha value is -2.09. The lowest BCUT2D eigenvalue weighted by Gasteiger charge is -2.26. The molecule has 0 saturated heterocycles. The van der Waals surface area contributed by atoms with E-state index in [1.54, 1.807) is 0 Å². The Balaban J connectivity index is 1.52. The maximum Gasteiger partial charge on any atom is 0.228 e. The van der Waals surface area contributed by atoms with Crippen LogP contribution in [-0.4, -0.2) is 5.91 Å². The summed E-state index contributed by atoms with van der Waals surface area (Å²) >= 11 is 0. The van der Waals surface area contributed by atoms with E-state index in [1.807, 2.05) is 6.07 Å². The number of aryl methyl sites for hydroxylation is 2. The van der Waals surface area contributed by atoms with E-state index in [-0.39, 0.29) is 17.9 Å². The van der Waals surface area contributed by atoms with Gasteiger partial charge in [-0.15, -0.1) is 0 Å². The van der Waals surface area contributed by atoms with Crippen LogP contribution in [0.5, 0.6) is 0 Å². The number of hydrogen-bond acceptors (Lipinski definition) is 1. The van der Waals surface area contributed by atoms with Gasteiger partial charge in [0.2, 0.25) is 5.91 Å². The van der Waals surface area contributed by atoms with Crippen LogP contribution in [0.2, 0.25) is 0 Å². The number of carbonyl (C=O) groups is 1. The van der Waals surface area contributed by atoms with Crippen LogP contribution in [0.1, 0.15) is 79.7 Å². The highest BCUT2D eigenvalue weighted by molar-refractivity contribution is 5.84. The molecule has 2 aliphatic carbocycles. The molecule has 1 fully saturated rings. The average Bonchev–Trinajstić information content (AvgIpc) is 3.22. The highest BCUT2D eigenvalue weighted by Crippen LogP contribution is 2.38. The molecule has 2 aliphatic rings. The summed E-state index contributed by atoms with van der Waals surface area (Å²) in [7, 11) is 0. The predicted molar refractivity (Wildman–Crippen MR) is 111 cm³/mol. The van der Waals surface area contributed by atoms with Gasteiger partial charge in [0, 0.05) is 0 Å². The monoisotopic (exact) mass is 361 g/mol. The van der Waals surface area contributed by atoms with Gasteiger partial charge in [0.1, 0.15) is 0 Å². The van der Waals surface area contributed by atoms with Crippen molar-refractivity contribution in [3.63, 3.8) is 0 Å². The smallest absolute Gasteiger partial charge is 0.228 e. The molecular weight excluding hydrogens is 330 g/mol. The molecule has 0 radical (unpaired) electrons. The van der Waals surface area contributed by atoms with Gasteiger partial charge in [-0.3, -0.25) is 4.79 Å². The molecular formula is C25H31NO. The van der Waals surface area contributed by atoms with Crippen molar-refractivity contribution in [2.45, 2.75) is 70.3 Å². The van der Waals surface area contributed by atoms with E-state index >= 15 is 0 Å². The van der Waals surface area contributed by atoms with Crippen molar-refractivity contribution >= 4 is 5.91 Å². The normalized spacial score (nSPS) is 19.3. The van der Waals surface area contributed by atoms with Gasteiger partial charge < -0.3 is 5.32 Å². The van der Waals surface area contributed by atoms with Crippen molar-refractivity contribution in [2.24, 2.45) is 5.92 Å². The number of benzene rings is 2. The molecule has 2 heteroatoms. The summed E-state index contributed by atoms with van der Waals surface area (Å²) < 4.78 is 0. The predicted octanol–water partition coefficient (Wildman–Crippen LogP) is 5.72.